The van der Waals surface area contributed by atoms with Gasteiger partial charge in [0.15, 0.2) is 0 Å². The predicted molar refractivity (Wildman–Crippen MR) is 92.8 cm³/mol. The van der Waals surface area contributed by atoms with Crippen LogP contribution in [0.1, 0.15) is 20.3 Å². The molecule has 2 heterocycles. The van der Waals surface area contributed by atoms with Crippen LogP contribution in [0.2, 0.25) is 0 Å². The van der Waals surface area contributed by atoms with Gasteiger partial charge in [-0.05, 0) is 31.5 Å². The number of thiazole rings is 1. The van der Waals surface area contributed by atoms with Crippen molar-refractivity contribution in [3.63, 3.8) is 0 Å². The van der Waals surface area contributed by atoms with Gasteiger partial charge in [-0.25, -0.2) is 4.98 Å². The summed E-state index contributed by atoms with van der Waals surface area (Å²) in [5, 5.41) is 11.2. The lowest BCUT2D eigenvalue weighted by Gasteiger charge is -2.08. The molecule has 0 amide bonds. The summed E-state index contributed by atoms with van der Waals surface area (Å²) >= 11 is 1.57. The van der Waals surface area contributed by atoms with Crippen LogP contribution in [0, 0.1) is 0 Å². The number of carbonyl (C=O) groups is 1. The van der Waals surface area contributed by atoms with Gasteiger partial charge >= 0.3 is 5.97 Å². The van der Waals surface area contributed by atoms with Crippen molar-refractivity contribution in [2.75, 3.05) is 11.9 Å². The summed E-state index contributed by atoms with van der Waals surface area (Å²) in [5.74, 6) is 0.139. The molecule has 124 valence electrons. The van der Waals surface area contributed by atoms with Gasteiger partial charge in [-0.3, -0.25) is 9.78 Å². The van der Waals surface area contributed by atoms with Crippen molar-refractivity contribution >= 4 is 34.3 Å². The van der Waals surface area contributed by atoms with E-state index in [2.05, 4.69) is 25.5 Å². The molecule has 3 aromatic rings. The number of nitrogens with one attached hydrogen (secondary N) is 1. The molecule has 3 rings (SSSR count). The van der Waals surface area contributed by atoms with Gasteiger partial charge in [-0.1, -0.05) is 6.07 Å². The van der Waals surface area contributed by atoms with Crippen LogP contribution in [0.15, 0.2) is 29.9 Å². The first-order valence-corrected chi connectivity index (χ1v) is 8.46. The summed E-state index contributed by atoms with van der Waals surface area (Å²) in [6, 6.07) is 5.81. The molecular weight excluding hydrogens is 326 g/mol. The zero-order valence-corrected chi connectivity index (χ0v) is 14.2. The third kappa shape index (κ3) is 4.02. The van der Waals surface area contributed by atoms with Crippen molar-refractivity contribution in [3.05, 3.63) is 29.9 Å². The fraction of sp³-hybridized carbons (Fsp3) is 0.312. The quantitative estimate of drug-likeness (QED) is 0.688. The largest absolute Gasteiger partial charge is 0.463 e. The molecule has 0 saturated carbocycles. The van der Waals surface area contributed by atoms with Gasteiger partial charge in [0.2, 0.25) is 5.95 Å². The molecule has 2 aromatic heterocycles. The highest BCUT2D eigenvalue weighted by atomic mass is 32.1. The fourth-order valence-electron chi connectivity index (χ4n) is 2.12. The molecule has 0 aliphatic rings. The molecule has 0 saturated heterocycles. The number of hydrogen-bond acceptors (Lipinski definition) is 8. The molecular formula is C16H17N5O2S. The Morgan fingerprint density at radius 3 is 2.92 bits per heavy atom. The normalized spacial score (nSPS) is 11.0. The predicted octanol–water partition coefficient (Wildman–Crippen LogP) is 2.90. The molecule has 8 heteroatoms. The van der Waals surface area contributed by atoms with Crippen LogP contribution in [0.25, 0.3) is 21.5 Å². The number of anilines is 1. The molecule has 1 aromatic carbocycles. The highest BCUT2D eigenvalue weighted by Gasteiger charge is 2.08. The summed E-state index contributed by atoms with van der Waals surface area (Å²) in [5.41, 5.74) is 4.29. The molecule has 0 unspecified atom stereocenters. The third-order valence-electron chi connectivity index (χ3n) is 3.15. The number of nitrogens with zero attached hydrogens (tertiary/aromatic N) is 4. The second kappa shape index (κ2) is 7.31. The van der Waals surface area contributed by atoms with E-state index < -0.39 is 0 Å². The van der Waals surface area contributed by atoms with Crippen molar-refractivity contribution in [1.82, 2.24) is 20.2 Å². The first-order valence-electron chi connectivity index (χ1n) is 7.58. The van der Waals surface area contributed by atoms with Gasteiger partial charge in [0.05, 0.1) is 28.4 Å². The number of benzene rings is 1. The maximum absolute atomic E-state index is 11.5. The Bertz CT molecular complexity index is 836. The summed E-state index contributed by atoms with van der Waals surface area (Å²) in [6.45, 7) is 4.04. The number of rotatable bonds is 6. The van der Waals surface area contributed by atoms with Crippen molar-refractivity contribution in [3.8, 4) is 10.4 Å². The van der Waals surface area contributed by atoms with E-state index >= 15 is 0 Å². The summed E-state index contributed by atoms with van der Waals surface area (Å²) < 4.78 is 5.08. The van der Waals surface area contributed by atoms with Crippen LogP contribution < -0.4 is 5.32 Å². The van der Waals surface area contributed by atoms with Gasteiger partial charge in [0.1, 0.15) is 5.52 Å². The highest BCUT2D eigenvalue weighted by Crippen LogP contribution is 2.25. The number of ether oxygens (including phenoxy) is 1. The molecule has 24 heavy (non-hydrogen) atoms. The zero-order valence-electron chi connectivity index (χ0n) is 13.4. The van der Waals surface area contributed by atoms with E-state index in [0.717, 1.165) is 16.0 Å². The monoisotopic (exact) mass is 343 g/mol. The number of hydrogen-bond donors (Lipinski definition) is 1. The smallest absolute Gasteiger partial charge is 0.307 e. The summed E-state index contributed by atoms with van der Waals surface area (Å²) in [4.78, 5) is 21.1. The van der Waals surface area contributed by atoms with Gasteiger partial charge in [0, 0.05) is 12.7 Å². The summed E-state index contributed by atoms with van der Waals surface area (Å²) in [6.07, 6.45) is 1.96. The Balaban J connectivity index is 1.69. The summed E-state index contributed by atoms with van der Waals surface area (Å²) in [7, 11) is 0. The van der Waals surface area contributed by atoms with Crippen LogP contribution >= 0.6 is 11.3 Å². The van der Waals surface area contributed by atoms with Crippen LogP contribution in [0.3, 0.4) is 0 Å². The first-order chi connectivity index (χ1) is 11.6. The number of aromatic nitrogens is 4. The maximum atomic E-state index is 11.5. The van der Waals surface area contributed by atoms with E-state index in [9.17, 15) is 4.79 Å². The lowest BCUT2D eigenvalue weighted by molar-refractivity contribution is -0.147. The van der Waals surface area contributed by atoms with E-state index in [1.807, 2.05) is 38.2 Å². The van der Waals surface area contributed by atoms with Gasteiger partial charge in [-0.2, -0.15) is 0 Å². The Labute approximate surface area is 143 Å². The second-order valence-corrected chi connectivity index (χ2v) is 6.31. The lowest BCUT2D eigenvalue weighted by Crippen LogP contribution is -2.16. The topological polar surface area (TPSA) is 89.9 Å². The van der Waals surface area contributed by atoms with E-state index in [1.54, 1.807) is 16.8 Å². The van der Waals surface area contributed by atoms with Crippen molar-refractivity contribution in [2.45, 2.75) is 26.4 Å². The van der Waals surface area contributed by atoms with Crippen molar-refractivity contribution in [2.24, 2.45) is 0 Å². The molecule has 0 aliphatic carbocycles. The Kier molecular flexibility index (Phi) is 4.95. The van der Waals surface area contributed by atoms with E-state index in [0.29, 0.717) is 18.0 Å². The zero-order chi connectivity index (χ0) is 16.9. The van der Waals surface area contributed by atoms with Gasteiger partial charge in [-0.15, -0.1) is 21.5 Å². The number of fused-ring (bicyclic) bond motifs is 1. The van der Waals surface area contributed by atoms with Crippen molar-refractivity contribution < 1.29 is 9.53 Å². The molecule has 0 radical (unpaired) electrons. The van der Waals surface area contributed by atoms with Crippen LogP contribution in [0.5, 0.6) is 0 Å². The fourth-order valence-corrected chi connectivity index (χ4v) is 2.74. The standard InChI is InChI=1S/C16H17N5O2S/c1-10(2)23-15(22)5-6-18-16-19-13-7-11(14-8-17-9-24-14)3-4-12(13)20-21-16/h3-4,7-10H,5-6H2,1-2H3,(H,18,19,21). The van der Waals surface area contributed by atoms with E-state index in [-0.39, 0.29) is 18.5 Å². The van der Waals surface area contributed by atoms with E-state index in [1.165, 1.54) is 0 Å². The minimum absolute atomic E-state index is 0.110. The molecule has 0 fully saturated rings. The average Bonchev–Trinajstić information content (AvgIpc) is 3.08. The highest BCUT2D eigenvalue weighted by molar-refractivity contribution is 7.13. The minimum Gasteiger partial charge on any atom is -0.463 e. The van der Waals surface area contributed by atoms with E-state index in [4.69, 9.17) is 4.74 Å². The molecule has 0 bridgehead atoms. The number of carbonyl (C=O) groups excluding carboxylic acids is 1. The first kappa shape index (κ1) is 16.3. The van der Waals surface area contributed by atoms with Gasteiger partial charge in [0.25, 0.3) is 0 Å². The number of esters is 1. The van der Waals surface area contributed by atoms with Crippen molar-refractivity contribution in [1.29, 1.82) is 0 Å². The van der Waals surface area contributed by atoms with Crippen LogP contribution in [0.4, 0.5) is 5.95 Å². The average molecular weight is 343 g/mol. The molecule has 0 aliphatic heterocycles. The van der Waals surface area contributed by atoms with Crippen LogP contribution in [-0.2, 0) is 9.53 Å². The molecule has 0 atom stereocenters. The Morgan fingerprint density at radius 2 is 2.17 bits per heavy atom. The van der Waals surface area contributed by atoms with Crippen LogP contribution in [-0.4, -0.2) is 38.8 Å². The molecule has 0 spiro atoms. The van der Waals surface area contributed by atoms with Gasteiger partial charge < -0.3 is 10.1 Å². The Morgan fingerprint density at radius 1 is 1.29 bits per heavy atom. The third-order valence-corrected chi connectivity index (χ3v) is 3.97. The molecule has 7 nitrogen and oxygen atoms in total. The minimum atomic E-state index is -0.251. The molecule has 1 N–H and O–H groups in total. The SMILES string of the molecule is CC(C)OC(=O)CCNc1nnc2ccc(-c3cncs3)cc2n1. The maximum Gasteiger partial charge on any atom is 0.307 e. The Hall–Kier alpha value is -2.61. The lowest BCUT2D eigenvalue weighted by atomic mass is 10.2. The second-order valence-electron chi connectivity index (χ2n) is 5.42.